The summed E-state index contributed by atoms with van der Waals surface area (Å²) >= 11 is 0. The molecular weight excluding hydrogens is 556 g/mol. The quantitative estimate of drug-likeness (QED) is 0.268. The molecule has 1 aromatic heterocycles. The van der Waals surface area contributed by atoms with Crippen LogP contribution in [0.15, 0.2) is 83.8 Å². The number of fused-ring (bicyclic) bond motifs is 7. The summed E-state index contributed by atoms with van der Waals surface area (Å²) in [4.78, 5) is 12.0. The predicted octanol–water partition coefficient (Wildman–Crippen LogP) is 6.97. The first-order valence-electron chi connectivity index (χ1n) is 15.2. The lowest BCUT2D eigenvalue weighted by atomic mass is 9.77. The molecule has 0 amide bonds. The van der Waals surface area contributed by atoms with Gasteiger partial charge in [0.05, 0.1) is 10.6 Å². The number of hydrogen-bond acceptors (Lipinski definition) is 6. The first kappa shape index (κ1) is 29.3. The number of aromatic nitrogens is 2. The van der Waals surface area contributed by atoms with Crippen LogP contribution in [0.4, 0.5) is 5.95 Å². The average molecular weight is 597 g/mol. The molecule has 3 heterocycles. The molecule has 1 saturated heterocycles. The molecule has 1 unspecified atom stereocenters. The van der Waals surface area contributed by atoms with Gasteiger partial charge in [-0.05, 0) is 79.5 Å². The Kier molecular flexibility index (Phi) is 8.25. The lowest BCUT2D eigenvalue weighted by molar-refractivity contribution is 0.0782. The van der Waals surface area contributed by atoms with Crippen LogP contribution in [0.2, 0.25) is 0 Å². The Bertz CT molecular complexity index is 1690. The molecule has 0 radical (unpaired) electrons. The van der Waals surface area contributed by atoms with Crippen molar-refractivity contribution < 1.29 is 13.2 Å². The number of rotatable bonds is 5. The molecule has 0 spiro atoms. The van der Waals surface area contributed by atoms with Crippen LogP contribution in [0.5, 0.6) is 5.88 Å². The van der Waals surface area contributed by atoms with Crippen LogP contribution in [-0.2, 0) is 16.6 Å². The number of benzene rings is 3. The Morgan fingerprint density at radius 1 is 0.953 bits per heavy atom. The molecule has 0 aliphatic carbocycles. The number of anilines is 1. The van der Waals surface area contributed by atoms with Gasteiger partial charge in [-0.2, -0.15) is 4.98 Å². The molecule has 3 atom stereocenters. The van der Waals surface area contributed by atoms with Crippen LogP contribution in [-0.4, -0.2) is 42.5 Å². The van der Waals surface area contributed by atoms with Gasteiger partial charge in [-0.25, -0.2) is 18.1 Å². The number of nitrogens with zero attached hydrogens (tertiary/aromatic N) is 3. The molecular formula is C35H40N4O3S. The van der Waals surface area contributed by atoms with Gasteiger partial charge in [0.1, 0.15) is 6.10 Å². The molecule has 4 aromatic rings. The van der Waals surface area contributed by atoms with E-state index in [9.17, 15) is 8.42 Å². The molecule has 224 valence electrons. The SMILES string of the molecule is Cc1cccc(C)c1-c1cc2nc(n1)NS(=O)(=O)c1cccc(c1)C1CCN(Cc3ccccc3)C[C@@H](O2)[C@H]1CC(C)C. The summed E-state index contributed by atoms with van der Waals surface area (Å²) in [7, 11) is -3.94. The molecule has 2 aliphatic heterocycles. The zero-order valence-electron chi connectivity index (χ0n) is 25.3. The minimum Gasteiger partial charge on any atom is -0.473 e. The number of aryl methyl sites for hydroxylation is 2. The standard InChI is InChI=1S/C35H40N4O3S/c1-23(2)18-30-29-16-17-39(21-26-12-6-5-7-13-26)22-32(30)42-33-20-31(34-24(3)10-8-11-25(34)4)36-35(37-33)38-43(40,41)28-15-9-14-27(29)19-28/h5-15,19-20,23,29-30,32H,16-18,21-22H2,1-4H3,(H,36,37,38)/t29?,30-,32+/m0/s1. The molecule has 3 aromatic carbocycles. The van der Waals surface area contributed by atoms with E-state index in [4.69, 9.17) is 9.72 Å². The second-order valence-corrected chi connectivity index (χ2v) is 14.1. The maximum absolute atomic E-state index is 13.7. The van der Waals surface area contributed by atoms with E-state index in [1.165, 1.54) is 5.56 Å². The number of likely N-dealkylation sites (tertiary alicyclic amines) is 1. The van der Waals surface area contributed by atoms with Crippen LogP contribution in [0.25, 0.3) is 11.3 Å². The summed E-state index contributed by atoms with van der Waals surface area (Å²) in [5.41, 5.74) is 5.98. The maximum Gasteiger partial charge on any atom is 0.264 e. The predicted molar refractivity (Wildman–Crippen MR) is 171 cm³/mol. The summed E-state index contributed by atoms with van der Waals surface area (Å²) in [5, 5.41) is 0. The summed E-state index contributed by atoms with van der Waals surface area (Å²) in [6.07, 6.45) is 1.70. The van der Waals surface area contributed by atoms with Gasteiger partial charge in [-0.15, -0.1) is 0 Å². The van der Waals surface area contributed by atoms with Gasteiger partial charge < -0.3 is 4.74 Å². The fourth-order valence-electron chi connectivity index (χ4n) is 6.78. The summed E-state index contributed by atoms with van der Waals surface area (Å²) < 4.78 is 36.9. The molecule has 43 heavy (non-hydrogen) atoms. The van der Waals surface area contributed by atoms with Crippen molar-refractivity contribution in [3.63, 3.8) is 0 Å². The van der Waals surface area contributed by atoms with Gasteiger partial charge >= 0.3 is 0 Å². The van der Waals surface area contributed by atoms with Crippen molar-refractivity contribution in [2.24, 2.45) is 11.8 Å². The average Bonchev–Trinajstić information content (AvgIpc) is 3.11. The minimum atomic E-state index is -3.94. The Balaban J connectivity index is 1.52. The Morgan fingerprint density at radius 2 is 1.70 bits per heavy atom. The van der Waals surface area contributed by atoms with Crippen molar-refractivity contribution >= 4 is 16.0 Å². The molecule has 1 fully saturated rings. The first-order valence-corrected chi connectivity index (χ1v) is 16.7. The van der Waals surface area contributed by atoms with Gasteiger partial charge in [-0.1, -0.05) is 74.5 Å². The molecule has 6 bridgehead atoms. The number of ether oxygens (including phenoxy) is 1. The topological polar surface area (TPSA) is 84.4 Å². The van der Waals surface area contributed by atoms with Crippen molar-refractivity contribution in [1.29, 1.82) is 0 Å². The van der Waals surface area contributed by atoms with Gasteiger partial charge in [0, 0.05) is 30.6 Å². The zero-order valence-corrected chi connectivity index (χ0v) is 26.1. The van der Waals surface area contributed by atoms with E-state index in [0.717, 1.165) is 54.7 Å². The van der Waals surface area contributed by atoms with E-state index >= 15 is 0 Å². The van der Waals surface area contributed by atoms with Crippen LogP contribution >= 0.6 is 0 Å². The van der Waals surface area contributed by atoms with Crippen molar-refractivity contribution in [3.05, 3.63) is 101 Å². The van der Waals surface area contributed by atoms with Crippen molar-refractivity contribution in [1.82, 2.24) is 14.9 Å². The van der Waals surface area contributed by atoms with Gasteiger partial charge in [0.25, 0.3) is 10.0 Å². The lowest BCUT2D eigenvalue weighted by Gasteiger charge is -2.34. The van der Waals surface area contributed by atoms with Crippen LogP contribution in [0.1, 0.15) is 54.9 Å². The monoisotopic (exact) mass is 596 g/mol. The minimum absolute atomic E-state index is 0.00727. The summed E-state index contributed by atoms with van der Waals surface area (Å²) in [6.45, 7) is 11.0. The second-order valence-electron chi connectivity index (χ2n) is 12.4. The maximum atomic E-state index is 13.7. The highest BCUT2D eigenvalue weighted by atomic mass is 32.2. The van der Waals surface area contributed by atoms with Crippen LogP contribution in [0, 0.1) is 25.7 Å². The van der Waals surface area contributed by atoms with Crippen LogP contribution in [0.3, 0.4) is 0 Å². The Morgan fingerprint density at radius 3 is 2.44 bits per heavy atom. The summed E-state index contributed by atoms with van der Waals surface area (Å²) in [6, 6.07) is 25.9. The van der Waals surface area contributed by atoms with Gasteiger partial charge in [0.2, 0.25) is 11.8 Å². The number of nitrogens with one attached hydrogen (secondary N) is 1. The third kappa shape index (κ3) is 6.45. The molecule has 7 nitrogen and oxygen atoms in total. The fraction of sp³-hybridized carbons (Fsp3) is 0.371. The molecule has 0 saturated carbocycles. The zero-order chi connectivity index (χ0) is 30.1. The van der Waals surface area contributed by atoms with Crippen molar-refractivity contribution in [2.75, 3.05) is 17.8 Å². The normalized spacial score (nSPS) is 21.6. The fourth-order valence-corrected chi connectivity index (χ4v) is 7.78. The Labute approximate surface area is 255 Å². The second kappa shape index (κ2) is 12.1. The van der Waals surface area contributed by atoms with Gasteiger partial charge in [-0.3, -0.25) is 4.90 Å². The highest BCUT2D eigenvalue weighted by Crippen LogP contribution is 2.41. The third-order valence-corrected chi connectivity index (χ3v) is 10.0. The first-order chi connectivity index (χ1) is 20.7. The van der Waals surface area contributed by atoms with E-state index in [1.807, 2.05) is 56.3 Å². The van der Waals surface area contributed by atoms with E-state index in [1.54, 1.807) is 6.07 Å². The number of hydrogen-bond donors (Lipinski definition) is 1. The van der Waals surface area contributed by atoms with Gasteiger partial charge in [0.15, 0.2) is 0 Å². The van der Waals surface area contributed by atoms with Crippen molar-refractivity contribution in [3.8, 4) is 17.1 Å². The molecule has 1 N–H and O–H groups in total. The highest BCUT2D eigenvalue weighted by Gasteiger charge is 2.38. The van der Waals surface area contributed by atoms with E-state index < -0.39 is 10.0 Å². The molecule has 2 aliphatic rings. The molecule has 6 rings (SSSR count). The van der Waals surface area contributed by atoms with E-state index in [2.05, 4.69) is 58.8 Å². The van der Waals surface area contributed by atoms with E-state index in [-0.39, 0.29) is 28.8 Å². The van der Waals surface area contributed by atoms with Crippen molar-refractivity contribution in [2.45, 2.75) is 64.0 Å². The Hall–Kier alpha value is -3.75. The highest BCUT2D eigenvalue weighted by molar-refractivity contribution is 7.92. The smallest absolute Gasteiger partial charge is 0.264 e. The molecule has 8 heteroatoms. The van der Waals surface area contributed by atoms with E-state index in [0.29, 0.717) is 17.5 Å². The number of sulfonamides is 1. The largest absolute Gasteiger partial charge is 0.473 e. The lowest BCUT2D eigenvalue weighted by Crippen LogP contribution is -2.39. The van der Waals surface area contributed by atoms with Crippen LogP contribution < -0.4 is 9.46 Å². The summed E-state index contributed by atoms with van der Waals surface area (Å²) in [5.74, 6) is 1.11. The third-order valence-electron chi connectivity index (χ3n) is 8.72.